The molecule has 7 heteroatoms. The van der Waals surface area contributed by atoms with E-state index in [1.165, 1.54) is 7.11 Å². The maximum absolute atomic E-state index is 12.0. The molecule has 0 aliphatic heterocycles. The lowest BCUT2D eigenvalue weighted by Gasteiger charge is -2.12. The highest BCUT2D eigenvalue weighted by atomic mass is 35.5. The average molecular weight is 377 g/mol. The summed E-state index contributed by atoms with van der Waals surface area (Å²) < 4.78 is 10.3. The summed E-state index contributed by atoms with van der Waals surface area (Å²) in [6, 6.07) is 9.88. The summed E-state index contributed by atoms with van der Waals surface area (Å²) in [6.45, 7) is 4.42. The number of halogens is 1. The molecule has 0 aromatic heterocycles. The van der Waals surface area contributed by atoms with Crippen molar-refractivity contribution in [3.63, 3.8) is 0 Å². The van der Waals surface area contributed by atoms with E-state index < -0.39 is 12.0 Å². The van der Waals surface area contributed by atoms with E-state index in [0.29, 0.717) is 24.6 Å². The number of amides is 2. The molecule has 0 unspecified atom stereocenters. The molecule has 0 heterocycles. The first-order valence-electron chi connectivity index (χ1n) is 8.04. The van der Waals surface area contributed by atoms with Gasteiger partial charge in [-0.1, -0.05) is 23.7 Å². The van der Waals surface area contributed by atoms with Gasteiger partial charge < -0.3 is 20.1 Å². The lowest BCUT2D eigenvalue weighted by molar-refractivity contribution is 0.0602. The van der Waals surface area contributed by atoms with Crippen molar-refractivity contribution < 1.29 is 19.1 Å². The van der Waals surface area contributed by atoms with E-state index in [1.807, 2.05) is 26.0 Å². The van der Waals surface area contributed by atoms with Crippen LogP contribution in [0.5, 0.6) is 5.75 Å². The van der Waals surface area contributed by atoms with Crippen molar-refractivity contribution in [3.05, 3.63) is 58.1 Å². The van der Waals surface area contributed by atoms with Crippen LogP contribution < -0.4 is 15.4 Å². The van der Waals surface area contributed by atoms with Crippen molar-refractivity contribution in [3.8, 4) is 5.75 Å². The molecular weight excluding hydrogens is 356 g/mol. The largest absolute Gasteiger partial charge is 0.492 e. The van der Waals surface area contributed by atoms with E-state index in [-0.39, 0.29) is 5.56 Å². The number of carbonyl (C=O) groups excluding carboxylic acids is 2. The molecule has 2 N–H and O–H groups in total. The number of para-hydroxylation sites is 1. The fourth-order valence-electron chi connectivity index (χ4n) is 2.37. The summed E-state index contributed by atoms with van der Waals surface area (Å²) in [6.07, 6.45) is 0. The molecule has 0 bridgehead atoms. The molecular formula is C19H21ClN2O4. The molecule has 2 aromatic carbocycles. The van der Waals surface area contributed by atoms with Crippen molar-refractivity contribution in [2.45, 2.75) is 13.8 Å². The average Bonchev–Trinajstić information content (AvgIpc) is 2.63. The normalized spacial score (nSPS) is 10.2. The second-order valence-electron chi connectivity index (χ2n) is 5.64. The second kappa shape index (κ2) is 9.10. The number of hydrogen-bond acceptors (Lipinski definition) is 4. The number of hydrogen-bond donors (Lipinski definition) is 2. The summed E-state index contributed by atoms with van der Waals surface area (Å²) >= 11 is 6.12. The van der Waals surface area contributed by atoms with E-state index in [2.05, 4.69) is 10.6 Å². The number of urea groups is 1. The standard InChI is InChI=1S/C19H21ClN2O4/c1-12-10-14(11-13(2)17(12)20)26-9-8-21-19(24)22-16-7-5-4-6-15(16)18(23)25-3/h4-7,10-11H,8-9H2,1-3H3,(H2,21,22,24). The second-order valence-corrected chi connectivity index (χ2v) is 6.02. The van der Waals surface area contributed by atoms with Crippen molar-refractivity contribution in [1.29, 1.82) is 0 Å². The Morgan fingerprint density at radius 1 is 1.12 bits per heavy atom. The lowest BCUT2D eigenvalue weighted by atomic mass is 10.1. The first kappa shape index (κ1) is 19.6. The van der Waals surface area contributed by atoms with Crippen LogP contribution in [0.3, 0.4) is 0 Å². The Kier molecular flexibility index (Phi) is 6.86. The Hall–Kier alpha value is -2.73. The Balaban J connectivity index is 1.84. The molecule has 2 amide bonds. The summed E-state index contributed by atoms with van der Waals surface area (Å²) in [5, 5.41) is 6.02. The topological polar surface area (TPSA) is 76.7 Å². The van der Waals surface area contributed by atoms with Crippen LogP contribution in [0.25, 0.3) is 0 Å². The van der Waals surface area contributed by atoms with Crippen molar-refractivity contribution in [2.24, 2.45) is 0 Å². The maximum atomic E-state index is 12.0. The first-order valence-corrected chi connectivity index (χ1v) is 8.42. The third-order valence-electron chi connectivity index (χ3n) is 3.65. The number of rotatable bonds is 6. The van der Waals surface area contributed by atoms with Crippen LogP contribution in [0, 0.1) is 13.8 Å². The molecule has 0 saturated heterocycles. The molecule has 0 radical (unpaired) electrons. The van der Waals surface area contributed by atoms with Crippen molar-refractivity contribution in [2.75, 3.05) is 25.6 Å². The van der Waals surface area contributed by atoms with Gasteiger partial charge in [-0.2, -0.15) is 0 Å². The van der Waals surface area contributed by atoms with Gasteiger partial charge in [0.05, 0.1) is 24.9 Å². The van der Waals surface area contributed by atoms with E-state index in [9.17, 15) is 9.59 Å². The zero-order chi connectivity index (χ0) is 19.1. The Morgan fingerprint density at radius 2 is 1.77 bits per heavy atom. The zero-order valence-electron chi connectivity index (χ0n) is 14.9. The fraction of sp³-hybridized carbons (Fsp3) is 0.263. The fourth-order valence-corrected chi connectivity index (χ4v) is 2.48. The van der Waals surface area contributed by atoms with Crippen LogP contribution in [0.1, 0.15) is 21.5 Å². The number of anilines is 1. The summed E-state index contributed by atoms with van der Waals surface area (Å²) in [5.74, 6) is 0.181. The van der Waals surface area contributed by atoms with Gasteiger partial charge in [-0.05, 0) is 49.2 Å². The molecule has 0 spiro atoms. The predicted octanol–water partition coefficient (Wildman–Crippen LogP) is 3.94. The molecule has 0 atom stereocenters. The highest BCUT2D eigenvalue weighted by Gasteiger charge is 2.12. The molecule has 138 valence electrons. The third-order valence-corrected chi connectivity index (χ3v) is 4.24. The summed E-state index contributed by atoms with van der Waals surface area (Å²) in [4.78, 5) is 23.7. The minimum atomic E-state index is -0.516. The molecule has 0 saturated carbocycles. The number of esters is 1. The lowest BCUT2D eigenvalue weighted by Crippen LogP contribution is -2.32. The molecule has 0 fully saturated rings. The summed E-state index contributed by atoms with van der Waals surface area (Å²) in [5.41, 5.74) is 2.54. The first-order chi connectivity index (χ1) is 12.4. The minimum Gasteiger partial charge on any atom is -0.492 e. The number of benzene rings is 2. The van der Waals surface area contributed by atoms with Crippen LogP contribution in [0.2, 0.25) is 5.02 Å². The molecule has 2 aromatic rings. The van der Waals surface area contributed by atoms with Gasteiger partial charge >= 0.3 is 12.0 Å². The SMILES string of the molecule is COC(=O)c1ccccc1NC(=O)NCCOc1cc(C)c(Cl)c(C)c1. The zero-order valence-corrected chi connectivity index (χ0v) is 15.6. The van der Waals surface area contributed by atoms with Gasteiger partial charge in [-0.3, -0.25) is 0 Å². The Bertz CT molecular complexity index is 785. The molecule has 2 rings (SSSR count). The van der Waals surface area contributed by atoms with Gasteiger partial charge in [0, 0.05) is 5.02 Å². The van der Waals surface area contributed by atoms with Crippen molar-refractivity contribution >= 4 is 29.3 Å². The van der Waals surface area contributed by atoms with Crippen LogP contribution in [-0.2, 0) is 4.74 Å². The third kappa shape index (κ3) is 5.13. The number of ether oxygens (including phenoxy) is 2. The van der Waals surface area contributed by atoms with Gasteiger partial charge in [0.25, 0.3) is 0 Å². The van der Waals surface area contributed by atoms with Gasteiger partial charge in [-0.25, -0.2) is 9.59 Å². The highest BCUT2D eigenvalue weighted by Crippen LogP contribution is 2.25. The molecule has 0 aliphatic carbocycles. The maximum Gasteiger partial charge on any atom is 0.339 e. The number of aryl methyl sites for hydroxylation is 2. The van der Waals surface area contributed by atoms with Crippen LogP contribution in [0.15, 0.2) is 36.4 Å². The van der Waals surface area contributed by atoms with Crippen LogP contribution in [-0.4, -0.2) is 32.3 Å². The predicted molar refractivity (Wildman–Crippen MR) is 101 cm³/mol. The molecule has 26 heavy (non-hydrogen) atoms. The number of nitrogens with one attached hydrogen (secondary N) is 2. The van der Waals surface area contributed by atoms with E-state index in [0.717, 1.165) is 16.1 Å². The summed E-state index contributed by atoms with van der Waals surface area (Å²) in [7, 11) is 1.29. The van der Waals surface area contributed by atoms with Gasteiger partial charge in [0.2, 0.25) is 0 Å². The Morgan fingerprint density at radius 3 is 2.42 bits per heavy atom. The van der Waals surface area contributed by atoms with Gasteiger partial charge in [0.1, 0.15) is 12.4 Å². The van der Waals surface area contributed by atoms with E-state index in [1.54, 1.807) is 24.3 Å². The molecule has 6 nitrogen and oxygen atoms in total. The van der Waals surface area contributed by atoms with Gasteiger partial charge in [0.15, 0.2) is 0 Å². The number of methoxy groups -OCH3 is 1. The Labute approximate surface area is 157 Å². The minimum absolute atomic E-state index is 0.286. The van der Waals surface area contributed by atoms with Crippen molar-refractivity contribution in [1.82, 2.24) is 5.32 Å². The van der Waals surface area contributed by atoms with Crippen LogP contribution >= 0.6 is 11.6 Å². The smallest absolute Gasteiger partial charge is 0.339 e. The molecule has 0 aliphatic rings. The van der Waals surface area contributed by atoms with E-state index >= 15 is 0 Å². The van der Waals surface area contributed by atoms with Gasteiger partial charge in [-0.15, -0.1) is 0 Å². The monoisotopic (exact) mass is 376 g/mol. The highest BCUT2D eigenvalue weighted by molar-refractivity contribution is 6.32. The van der Waals surface area contributed by atoms with Crippen LogP contribution in [0.4, 0.5) is 10.5 Å². The van der Waals surface area contributed by atoms with E-state index in [4.69, 9.17) is 21.1 Å². The number of carbonyl (C=O) groups is 2. The quantitative estimate of drug-likeness (QED) is 0.591.